The van der Waals surface area contributed by atoms with Crippen LogP contribution in [0.2, 0.25) is 0 Å². The molecule has 1 saturated heterocycles. The van der Waals surface area contributed by atoms with Crippen molar-refractivity contribution in [3.8, 4) is 0 Å². The van der Waals surface area contributed by atoms with E-state index in [4.69, 9.17) is 5.11 Å². The van der Waals surface area contributed by atoms with Gasteiger partial charge in [0.25, 0.3) is 0 Å². The lowest BCUT2D eigenvalue weighted by Gasteiger charge is -2.14. The van der Waals surface area contributed by atoms with Crippen LogP contribution in [0.15, 0.2) is 0 Å². The lowest BCUT2D eigenvalue weighted by atomic mass is 10.1. The maximum Gasteiger partial charge on any atom is 0.326 e. The quantitative estimate of drug-likeness (QED) is 0.472. The van der Waals surface area contributed by atoms with Gasteiger partial charge in [-0.1, -0.05) is 28.0 Å². The second-order valence-electron chi connectivity index (χ2n) is 4.81. The summed E-state index contributed by atoms with van der Waals surface area (Å²) in [6.07, 6.45) is 7.19. The van der Waals surface area contributed by atoms with Gasteiger partial charge in [-0.3, -0.25) is 4.79 Å². The normalized spacial score (nSPS) is 19.8. The number of carbonyl (C=O) groups is 2. The molecule has 1 aliphatic heterocycles. The molecule has 2 atom stereocenters. The summed E-state index contributed by atoms with van der Waals surface area (Å²) in [4.78, 5) is 22.7. The summed E-state index contributed by atoms with van der Waals surface area (Å²) >= 11 is 1.59. The second kappa shape index (κ2) is 10.7. The van der Waals surface area contributed by atoms with Crippen LogP contribution in [-0.2, 0) is 9.59 Å². The average molecular weight is 338 g/mol. The van der Waals surface area contributed by atoms with Crippen LogP contribution in [0.1, 0.15) is 38.5 Å². The Labute approximate surface area is 133 Å². The minimum atomic E-state index is -0.938. The van der Waals surface area contributed by atoms with E-state index in [1.54, 1.807) is 11.8 Å². The highest BCUT2D eigenvalue weighted by atomic mass is 33.1. The van der Waals surface area contributed by atoms with E-state index < -0.39 is 12.0 Å². The van der Waals surface area contributed by atoms with Gasteiger partial charge in [0.2, 0.25) is 5.91 Å². The van der Waals surface area contributed by atoms with E-state index in [0.29, 0.717) is 12.8 Å². The van der Waals surface area contributed by atoms with Crippen molar-refractivity contribution in [2.24, 2.45) is 0 Å². The fourth-order valence-corrected chi connectivity index (χ4v) is 5.48. The third-order valence-electron chi connectivity index (χ3n) is 3.15. The fourth-order valence-electron chi connectivity index (χ4n) is 1.98. The van der Waals surface area contributed by atoms with E-state index in [1.807, 2.05) is 27.8 Å². The van der Waals surface area contributed by atoms with Crippen molar-refractivity contribution in [3.63, 3.8) is 0 Å². The first-order chi connectivity index (χ1) is 9.63. The van der Waals surface area contributed by atoms with Crippen LogP contribution >= 0.6 is 33.3 Å². The zero-order valence-electron chi connectivity index (χ0n) is 11.8. The topological polar surface area (TPSA) is 66.4 Å². The van der Waals surface area contributed by atoms with E-state index >= 15 is 0 Å². The Hall–Kier alpha value is -0.0100. The summed E-state index contributed by atoms with van der Waals surface area (Å²) in [5.74, 6) is 0.915. The second-order valence-corrected chi connectivity index (χ2v) is 8.59. The first-order valence-electron chi connectivity index (χ1n) is 6.93. The Morgan fingerprint density at radius 3 is 2.85 bits per heavy atom. The number of thioether (sulfide) groups is 1. The Kier molecular flexibility index (Phi) is 9.63. The van der Waals surface area contributed by atoms with Crippen molar-refractivity contribution in [2.45, 2.75) is 49.8 Å². The number of unbranched alkanes of at least 4 members (excludes halogenated alkanes) is 1. The molecule has 0 aromatic heterocycles. The van der Waals surface area contributed by atoms with E-state index in [9.17, 15) is 9.59 Å². The van der Waals surface area contributed by atoms with Crippen molar-refractivity contribution >= 4 is 45.2 Å². The molecule has 0 bridgehead atoms. The summed E-state index contributed by atoms with van der Waals surface area (Å²) in [5, 5.41) is 12.4. The Morgan fingerprint density at radius 2 is 2.25 bits per heavy atom. The highest BCUT2D eigenvalue weighted by molar-refractivity contribution is 8.77. The summed E-state index contributed by atoms with van der Waals surface area (Å²) in [6.45, 7) is 0. The molecule has 7 heteroatoms. The molecule has 2 N–H and O–H groups in total. The maximum atomic E-state index is 11.7. The van der Waals surface area contributed by atoms with E-state index in [2.05, 4.69) is 5.32 Å². The predicted octanol–water partition coefficient (Wildman–Crippen LogP) is 3.02. The molecule has 116 valence electrons. The molecule has 0 spiro atoms. The first kappa shape index (κ1) is 18.0. The smallest absolute Gasteiger partial charge is 0.326 e. The van der Waals surface area contributed by atoms with Crippen LogP contribution in [0.4, 0.5) is 0 Å². The summed E-state index contributed by atoms with van der Waals surface area (Å²) in [7, 11) is 3.90. The highest BCUT2D eigenvalue weighted by Crippen LogP contribution is 2.39. The molecule has 1 fully saturated rings. The van der Waals surface area contributed by atoms with Gasteiger partial charge >= 0.3 is 5.97 Å². The third kappa shape index (κ3) is 7.69. The first-order valence-corrected chi connectivity index (χ1v) is 10.7. The Morgan fingerprint density at radius 1 is 1.45 bits per heavy atom. The van der Waals surface area contributed by atoms with Crippen molar-refractivity contribution in [2.75, 3.05) is 17.8 Å². The molecule has 1 heterocycles. The van der Waals surface area contributed by atoms with Crippen LogP contribution in [0.25, 0.3) is 0 Å². The van der Waals surface area contributed by atoms with Gasteiger partial charge in [0, 0.05) is 17.4 Å². The molecule has 1 unspecified atom stereocenters. The maximum absolute atomic E-state index is 11.7. The minimum absolute atomic E-state index is 0.132. The van der Waals surface area contributed by atoms with Gasteiger partial charge in [-0.2, -0.15) is 11.8 Å². The van der Waals surface area contributed by atoms with Crippen LogP contribution in [0, 0.1) is 0 Å². The van der Waals surface area contributed by atoms with Gasteiger partial charge in [-0.05, 0) is 37.7 Å². The molecule has 0 radical (unpaired) electrons. The number of aliphatic carboxylic acids is 1. The van der Waals surface area contributed by atoms with E-state index in [-0.39, 0.29) is 5.91 Å². The molecule has 20 heavy (non-hydrogen) atoms. The molecular formula is C13H23NO3S3. The largest absolute Gasteiger partial charge is 0.480 e. The minimum Gasteiger partial charge on any atom is -0.480 e. The van der Waals surface area contributed by atoms with Gasteiger partial charge in [0.15, 0.2) is 0 Å². The number of nitrogens with one attached hydrogen (secondary N) is 1. The number of carboxylic acid groups (broad SMARTS) is 1. The van der Waals surface area contributed by atoms with E-state index in [0.717, 1.165) is 23.8 Å². The summed E-state index contributed by atoms with van der Waals surface area (Å²) in [6, 6.07) is -0.739. The Bertz CT molecular complexity index is 309. The summed E-state index contributed by atoms with van der Waals surface area (Å²) < 4.78 is 0. The number of rotatable bonds is 10. The predicted molar refractivity (Wildman–Crippen MR) is 89.5 cm³/mol. The molecule has 0 saturated carbocycles. The van der Waals surface area contributed by atoms with Crippen molar-refractivity contribution in [1.29, 1.82) is 0 Å². The molecule has 1 aliphatic rings. The fraction of sp³-hybridized carbons (Fsp3) is 0.846. The lowest BCUT2D eigenvalue weighted by Crippen LogP contribution is -2.41. The SMILES string of the molecule is CSCC[C@@H](NC(=O)CCCCC1CCSS1)C(=O)O. The highest BCUT2D eigenvalue weighted by Gasteiger charge is 2.19. The molecular weight excluding hydrogens is 314 g/mol. The number of hydrogen-bond donors (Lipinski definition) is 2. The molecule has 0 aromatic carbocycles. The van der Waals surface area contributed by atoms with Gasteiger partial charge in [0.05, 0.1) is 0 Å². The number of carbonyl (C=O) groups excluding carboxylic acids is 1. The standard InChI is InChI=1S/C13H23NO3S3/c1-18-8-7-11(13(16)17)14-12(15)5-3-2-4-10-6-9-19-20-10/h10-11H,2-9H2,1H3,(H,14,15)(H,16,17)/t10?,11-/m1/s1. The van der Waals surface area contributed by atoms with Crippen molar-refractivity contribution < 1.29 is 14.7 Å². The average Bonchev–Trinajstić information content (AvgIpc) is 2.92. The molecule has 4 nitrogen and oxygen atoms in total. The van der Waals surface area contributed by atoms with Crippen molar-refractivity contribution in [3.05, 3.63) is 0 Å². The Balaban J connectivity index is 2.12. The monoisotopic (exact) mass is 337 g/mol. The molecule has 1 rings (SSSR count). The number of amides is 1. The van der Waals surface area contributed by atoms with Crippen LogP contribution in [0.5, 0.6) is 0 Å². The molecule has 1 amide bonds. The molecule has 0 aliphatic carbocycles. The summed E-state index contributed by atoms with van der Waals surface area (Å²) in [5.41, 5.74) is 0. The van der Waals surface area contributed by atoms with Gasteiger partial charge < -0.3 is 10.4 Å². The zero-order valence-corrected chi connectivity index (χ0v) is 14.2. The van der Waals surface area contributed by atoms with Crippen LogP contribution < -0.4 is 5.32 Å². The van der Waals surface area contributed by atoms with Crippen LogP contribution in [-0.4, -0.2) is 46.0 Å². The van der Waals surface area contributed by atoms with E-state index in [1.165, 1.54) is 18.6 Å². The van der Waals surface area contributed by atoms with Crippen molar-refractivity contribution in [1.82, 2.24) is 5.32 Å². The van der Waals surface area contributed by atoms with Crippen LogP contribution in [0.3, 0.4) is 0 Å². The van der Waals surface area contributed by atoms with Gasteiger partial charge in [-0.25, -0.2) is 4.79 Å². The zero-order chi connectivity index (χ0) is 14.8. The number of carboxylic acids is 1. The third-order valence-corrected chi connectivity index (χ3v) is 6.80. The van der Waals surface area contributed by atoms with Gasteiger partial charge in [-0.15, -0.1) is 0 Å². The molecule has 0 aromatic rings. The lowest BCUT2D eigenvalue weighted by molar-refractivity contribution is -0.141. The van der Waals surface area contributed by atoms with Gasteiger partial charge in [0.1, 0.15) is 6.04 Å². The number of hydrogen-bond acceptors (Lipinski definition) is 5.